The Hall–Kier alpha value is -3.52. The summed E-state index contributed by atoms with van der Waals surface area (Å²) in [7, 11) is 0. The Morgan fingerprint density at radius 3 is 2.72 bits per heavy atom. The second-order valence-electron chi connectivity index (χ2n) is 7.93. The van der Waals surface area contributed by atoms with Gasteiger partial charge in [-0.15, -0.1) is 11.3 Å². The normalized spacial score (nSPS) is 14.5. The van der Waals surface area contributed by atoms with Gasteiger partial charge in [0.2, 0.25) is 5.90 Å². The van der Waals surface area contributed by atoms with E-state index in [9.17, 15) is 9.59 Å². The third-order valence-corrected chi connectivity index (χ3v) is 7.42. The second-order valence-corrected chi connectivity index (χ2v) is 10.3. The van der Waals surface area contributed by atoms with Crippen LogP contribution in [0.4, 0.5) is 0 Å². The molecule has 3 aromatic carbocycles. The molecule has 5 rings (SSSR count). The molecule has 0 aliphatic carbocycles. The van der Waals surface area contributed by atoms with Gasteiger partial charge in [-0.2, -0.15) is 0 Å². The Bertz CT molecular complexity index is 1600. The minimum atomic E-state index is -0.615. The number of esters is 2. The summed E-state index contributed by atoms with van der Waals surface area (Å²) >= 11 is 11.4. The number of thiophene rings is 1. The molecule has 0 bridgehead atoms. The maximum Gasteiger partial charge on any atom is 0.363 e. The van der Waals surface area contributed by atoms with Crippen LogP contribution in [0.25, 0.3) is 22.2 Å². The highest BCUT2D eigenvalue weighted by Gasteiger charge is 2.28. The first kappa shape index (κ1) is 24.2. The zero-order chi connectivity index (χ0) is 25.2. The lowest BCUT2D eigenvalue weighted by atomic mass is 10.1. The lowest BCUT2D eigenvalue weighted by molar-refractivity contribution is -0.130. The predicted octanol–water partition coefficient (Wildman–Crippen LogP) is 7.59. The number of aryl methyl sites for hydroxylation is 1. The van der Waals surface area contributed by atoms with Gasteiger partial charge in [0, 0.05) is 26.2 Å². The number of halogens is 2. The molecule has 0 unspecified atom stereocenters. The number of benzene rings is 3. The van der Waals surface area contributed by atoms with E-state index in [4.69, 9.17) is 21.1 Å². The van der Waals surface area contributed by atoms with Crippen LogP contribution in [0.1, 0.15) is 21.6 Å². The highest BCUT2D eigenvalue weighted by Crippen LogP contribution is 2.38. The van der Waals surface area contributed by atoms with E-state index in [1.54, 1.807) is 24.3 Å². The number of ether oxygens (including phenoxy) is 2. The Labute approximate surface area is 224 Å². The fourth-order valence-electron chi connectivity index (χ4n) is 3.56. The molecule has 2 heterocycles. The zero-order valence-corrected chi connectivity index (χ0v) is 22.0. The molecule has 0 saturated carbocycles. The molecular formula is C28H17BrClNO4S. The number of carbonyl (C=O) groups is 2. The lowest BCUT2D eigenvalue weighted by Crippen LogP contribution is -2.06. The van der Waals surface area contributed by atoms with Crippen molar-refractivity contribution in [2.75, 3.05) is 0 Å². The Kier molecular flexibility index (Phi) is 6.87. The molecule has 0 amide bonds. The van der Waals surface area contributed by atoms with Crippen LogP contribution in [0.3, 0.4) is 0 Å². The molecule has 36 heavy (non-hydrogen) atoms. The predicted molar refractivity (Wildman–Crippen MR) is 147 cm³/mol. The average molecular weight is 579 g/mol. The maximum absolute atomic E-state index is 12.6. The van der Waals surface area contributed by atoms with E-state index >= 15 is 0 Å². The first-order chi connectivity index (χ1) is 17.4. The molecule has 0 atom stereocenters. The van der Waals surface area contributed by atoms with Gasteiger partial charge in [0.25, 0.3) is 0 Å². The fraction of sp³-hybridized carbons (Fsp3) is 0.0357. The summed E-state index contributed by atoms with van der Waals surface area (Å²) in [6.45, 7) is 2.00. The molecule has 8 heteroatoms. The standard InChI is InChI=1S/C28H17BrClNO4S/c1-16-7-10-20-23(13-16)36-26(25(20)30)27-31-21(28(33)35-27)15-18-14-19(29)9-11-22(18)34-24(32)12-8-17-5-3-2-4-6-17/h2-15H,1H3/b12-8+,21-15+. The molecule has 1 aromatic heterocycles. The van der Waals surface area contributed by atoms with Crippen LogP contribution >= 0.6 is 38.9 Å². The van der Waals surface area contributed by atoms with E-state index in [1.165, 1.54) is 23.5 Å². The smallest absolute Gasteiger partial charge is 0.363 e. The number of fused-ring (bicyclic) bond motifs is 1. The first-order valence-corrected chi connectivity index (χ1v) is 12.8. The molecule has 1 aliphatic heterocycles. The van der Waals surface area contributed by atoms with Crippen molar-refractivity contribution in [1.29, 1.82) is 0 Å². The number of cyclic esters (lactones) is 1. The molecule has 178 valence electrons. The third kappa shape index (κ3) is 5.18. The van der Waals surface area contributed by atoms with E-state index in [2.05, 4.69) is 20.9 Å². The van der Waals surface area contributed by atoms with E-state index < -0.39 is 11.9 Å². The van der Waals surface area contributed by atoms with Gasteiger partial charge < -0.3 is 9.47 Å². The van der Waals surface area contributed by atoms with Crippen molar-refractivity contribution in [2.24, 2.45) is 4.99 Å². The number of rotatable bonds is 5. The zero-order valence-electron chi connectivity index (χ0n) is 18.8. The number of hydrogen-bond acceptors (Lipinski definition) is 6. The number of carbonyl (C=O) groups excluding carboxylic acids is 2. The highest BCUT2D eigenvalue weighted by atomic mass is 79.9. The molecule has 4 aromatic rings. The summed E-state index contributed by atoms with van der Waals surface area (Å²) in [6, 6.07) is 20.5. The van der Waals surface area contributed by atoms with E-state index in [1.807, 2.05) is 55.5 Å². The van der Waals surface area contributed by atoms with Gasteiger partial charge >= 0.3 is 11.9 Å². The summed E-state index contributed by atoms with van der Waals surface area (Å²) in [5, 5.41) is 1.37. The van der Waals surface area contributed by atoms with Crippen molar-refractivity contribution in [3.05, 3.63) is 110 Å². The van der Waals surface area contributed by atoms with Crippen molar-refractivity contribution >= 4 is 78.9 Å². The molecular weight excluding hydrogens is 562 g/mol. The van der Waals surface area contributed by atoms with Crippen molar-refractivity contribution in [1.82, 2.24) is 0 Å². The highest BCUT2D eigenvalue weighted by molar-refractivity contribution is 9.10. The molecule has 0 spiro atoms. The Morgan fingerprint density at radius 2 is 1.92 bits per heavy atom. The Balaban J connectivity index is 1.44. The van der Waals surface area contributed by atoms with Crippen molar-refractivity contribution in [3.63, 3.8) is 0 Å². The quantitative estimate of drug-likeness (QED) is 0.139. The van der Waals surface area contributed by atoms with Gasteiger partial charge in [0.15, 0.2) is 5.70 Å². The van der Waals surface area contributed by atoms with Gasteiger partial charge in [0.05, 0.1) is 5.02 Å². The van der Waals surface area contributed by atoms with Crippen LogP contribution in [0.15, 0.2) is 88.0 Å². The second kappa shape index (κ2) is 10.2. The summed E-state index contributed by atoms with van der Waals surface area (Å²) in [5.74, 6) is -0.739. The monoisotopic (exact) mass is 577 g/mol. The number of hydrogen-bond donors (Lipinski definition) is 0. The van der Waals surface area contributed by atoms with Gasteiger partial charge in [0.1, 0.15) is 10.6 Å². The summed E-state index contributed by atoms with van der Waals surface area (Å²) in [5.41, 5.74) is 2.54. The maximum atomic E-state index is 12.6. The topological polar surface area (TPSA) is 65.0 Å². The largest absolute Gasteiger partial charge is 0.423 e. The molecule has 0 fully saturated rings. The van der Waals surface area contributed by atoms with Crippen LogP contribution in [0, 0.1) is 6.92 Å². The van der Waals surface area contributed by atoms with Crippen LogP contribution in [-0.4, -0.2) is 17.8 Å². The lowest BCUT2D eigenvalue weighted by Gasteiger charge is -2.06. The first-order valence-electron chi connectivity index (χ1n) is 10.8. The van der Waals surface area contributed by atoms with Crippen molar-refractivity contribution < 1.29 is 19.1 Å². The van der Waals surface area contributed by atoms with Crippen LogP contribution < -0.4 is 4.74 Å². The summed E-state index contributed by atoms with van der Waals surface area (Å²) < 4.78 is 12.7. The molecule has 1 aliphatic rings. The van der Waals surface area contributed by atoms with E-state index in [0.29, 0.717) is 15.5 Å². The molecule has 0 N–H and O–H groups in total. The minimum absolute atomic E-state index is 0.0740. The average Bonchev–Trinajstić information content (AvgIpc) is 3.38. The van der Waals surface area contributed by atoms with Crippen LogP contribution in [0.2, 0.25) is 5.02 Å². The van der Waals surface area contributed by atoms with E-state index in [0.717, 1.165) is 25.7 Å². The van der Waals surface area contributed by atoms with Gasteiger partial charge in [-0.25, -0.2) is 14.6 Å². The van der Waals surface area contributed by atoms with Crippen molar-refractivity contribution in [2.45, 2.75) is 6.92 Å². The number of aliphatic imine (C=N–C) groups is 1. The Morgan fingerprint density at radius 1 is 1.11 bits per heavy atom. The molecule has 0 saturated heterocycles. The fourth-order valence-corrected chi connectivity index (χ4v) is 5.47. The van der Waals surface area contributed by atoms with Crippen LogP contribution in [-0.2, 0) is 14.3 Å². The molecule has 5 nitrogen and oxygen atoms in total. The minimum Gasteiger partial charge on any atom is -0.423 e. The van der Waals surface area contributed by atoms with Gasteiger partial charge in [-0.05, 0) is 54.5 Å². The third-order valence-electron chi connectivity index (χ3n) is 5.29. The molecule has 0 radical (unpaired) electrons. The van der Waals surface area contributed by atoms with Crippen molar-refractivity contribution in [3.8, 4) is 5.75 Å². The van der Waals surface area contributed by atoms with Crippen LogP contribution in [0.5, 0.6) is 5.75 Å². The SMILES string of the molecule is Cc1ccc2c(Cl)c(C3=N/C(=C/c4cc(Br)ccc4OC(=O)/C=C/c4ccccc4)C(=O)O3)sc2c1. The van der Waals surface area contributed by atoms with Gasteiger partial charge in [-0.1, -0.05) is 70.0 Å². The van der Waals surface area contributed by atoms with E-state index in [-0.39, 0.29) is 17.3 Å². The van der Waals surface area contributed by atoms with Gasteiger partial charge in [-0.3, -0.25) is 0 Å². The number of nitrogens with zero attached hydrogens (tertiary/aromatic N) is 1. The summed E-state index contributed by atoms with van der Waals surface area (Å²) in [6.07, 6.45) is 4.54. The summed E-state index contributed by atoms with van der Waals surface area (Å²) in [4.78, 5) is 30.1.